The number of halogens is 1. The Bertz CT molecular complexity index is 1060. The van der Waals surface area contributed by atoms with E-state index in [0.717, 1.165) is 18.9 Å². The van der Waals surface area contributed by atoms with Gasteiger partial charge in [-0.05, 0) is 38.7 Å². The Labute approximate surface area is 159 Å². The molecule has 0 spiro atoms. The summed E-state index contributed by atoms with van der Waals surface area (Å²) in [6.45, 7) is 1.74. The van der Waals surface area contributed by atoms with Crippen molar-refractivity contribution in [2.24, 2.45) is 0 Å². The van der Waals surface area contributed by atoms with Crippen molar-refractivity contribution in [1.29, 1.82) is 0 Å². The minimum Gasteiger partial charge on any atom is -0.494 e. The van der Waals surface area contributed by atoms with E-state index in [1.807, 2.05) is 0 Å². The molecule has 28 heavy (non-hydrogen) atoms. The van der Waals surface area contributed by atoms with Crippen molar-refractivity contribution in [2.75, 3.05) is 13.7 Å². The highest BCUT2D eigenvalue weighted by molar-refractivity contribution is 5.97. The summed E-state index contributed by atoms with van der Waals surface area (Å²) in [5, 5.41) is 9.63. The molecule has 4 rings (SSSR count). The van der Waals surface area contributed by atoms with E-state index in [1.54, 1.807) is 11.5 Å². The Morgan fingerprint density at radius 1 is 1.36 bits per heavy atom. The van der Waals surface area contributed by atoms with Gasteiger partial charge in [-0.3, -0.25) is 9.59 Å². The number of esters is 1. The molecule has 2 aliphatic rings. The lowest BCUT2D eigenvalue weighted by atomic mass is 9.92. The number of ether oxygens (including phenoxy) is 2. The van der Waals surface area contributed by atoms with Gasteiger partial charge in [0, 0.05) is 17.8 Å². The van der Waals surface area contributed by atoms with Crippen LogP contribution in [0.5, 0.6) is 5.75 Å². The number of nitrogens with zero attached hydrogens (tertiary/aromatic N) is 1. The minimum absolute atomic E-state index is 0.0169. The molecule has 148 valence electrons. The highest BCUT2D eigenvalue weighted by Crippen LogP contribution is 2.54. The second-order valence-corrected chi connectivity index (χ2v) is 7.28. The van der Waals surface area contributed by atoms with Gasteiger partial charge in [0.1, 0.15) is 11.4 Å². The normalized spacial score (nSPS) is 17.4. The summed E-state index contributed by atoms with van der Waals surface area (Å²) >= 11 is 0. The molecule has 2 aromatic rings. The van der Waals surface area contributed by atoms with Crippen molar-refractivity contribution in [3.8, 4) is 5.75 Å². The van der Waals surface area contributed by atoms with Gasteiger partial charge in [0.2, 0.25) is 5.43 Å². The molecule has 2 fully saturated rings. The Morgan fingerprint density at radius 3 is 2.54 bits per heavy atom. The molecule has 0 amide bonds. The Hall–Kier alpha value is -2.90. The summed E-state index contributed by atoms with van der Waals surface area (Å²) in [7, 11) is 1.33. The van der Waals surface area contributed by atoms with Crippen LogP contribution in [0.25, 0.3) is 10.9 Å². The van der Waals surface area contributed by atoms with Gasteiger partial charge in [-0.2, -0.15) is 0 Å². The van der Waals surface area contributed by atoms with E-state index in [0.29, 0.717) is 18.4 Å². The summed E-state index contributed by atoms with van der Waals surface area (Å²) < 4.78 is 27.2. The van der Waals surface area contributed by atoms with E-state index in [1.165, 1.54) is 13.3 Å². The number of fused-ring (bicyclic) bond motifs is 1. The monoisotopic (exact) mass is 389 g/mol. The second-order valence-electron chi connectivity index (χ2n) is 7.28. The van der Waals surface area contributed by atoms with Gasteiger partial charge in [0.15, 0.2) is 5.75 Å². The van der Waals surface area contributed by atoms with E-state index in [9.17, 15) is 19.5 Å². The largest absolute Gasteiger partial charge is 0.494 e. The first-order valence-corrected chi connectivity index (χ1v) is 9.22. The third-order valence-corrected chi connectivity index (χ3v) is 5.50. The third-order valence-electron chi connectivity index (χ3n) is 5.50. The topological polar surface area (TPSA) is 94.8 Å². The molecule has 0 radical (unpaired) electrons. The van der Waals surface area contributed by atoms with Gasteiger partial charge in [-0.1, -0.05) is 0 Å². The molecule has 7 nitrogen and oxygen atoms in total. The zero-order valence-corrected chi connectivity index (χ0v) is 15.6. The first-order valence-electron chi connectivity index (χ1n) is 9.22. The average molecular weight is 389 g/mol. The molecule has 1 aromatic carbocycles. The maximum Gasteiger partial charge on any atom is 0.343 e. The van der Waals surface area contributed by atoms with Crippen LogP contribution in [0.2, 0.25) is 0 Å². The Morgan fingerprint density at radius 2 is 2.04 bits per heavy atom. The lowest BCUT2D eigenvalue weighted by Crippen LogP contribution is -2.25. The summed E-state index contributed by atoms with van der Waals surface area (Å²) in [5.74, 6) is -2.65. The summed E-state index contributed by atoms with van der Waals surface area (Å²) in [6, 6.07) is 1.06. The first kappa shape index (κ1) is 18.5. The maximum absolute atomic E-state index is 15.1. The number of aromatic nitrogens is 1. The number of aliphatic carboxylic acids is 1. The number of carboxylic acids is 1. The maximum atomic E-state index is 15.1. The molecule has 8 heteroatoms. The molecular formula is C20H20FNO6. The number of methoxy groups -OCH3 is 1. The zero-order valence-electron chi connectivity index (χ0n) is 15.6. The quantitative estimate of drug-likeness (QED) is 0.764. The number of hydrogen-bond acceptors (Lipinski definition) is 5. The number of pyridine rings is 1. The molecule has 0 saturated heterocycles. The highest BCUT2D eigenvalue weighted by atomic mass is 19.1. The highest BCUT2D eigenvalue weighted by Gasteiger charge is 2.55. The van der Waals surface area contributed by atoms with Crippen molar-refractivity contribution in [2.45, 2.75) is 44.1 Å². The predicted molar refractivity (Wildman–Crippen MR) is 97.5 cm³/mol. The van der Waals surface area contributed by atoms with Crippen molar-refractivity contribution >= 4 is 22.8 Å². The fourth-order valence-electron chi connectivity index (χ4n) is 3.79. The lowest BCUT2D eigenvalue weighted by molar-refractivity contribution is -0.140. The SMILES string of the molecule is CCOC(=O)c1cn(C2CC2)c2c(OC)c(C3(C(=O)O)CC3)c(F)cc2c1=O. The predicted octanol–water partition coefficient (Wildman–Crippen LogP) is 2.78. The van der Waals surface area contributed by atoms with Gasteiger partial charge in [-0.25, -0.2) is 9.18 Å². The molecule has 1 aromatic heterocycles. The molecular weight excluding hydrogens is 369 g/mol. The Balaban J connectivity index is 2.08. The van der Waals surface area contributed by atoms with Gasteiger partial charge in [-0.15, -0.1) is 0 Å². The van der Waals surface area contributed by atoms with Crippen LogP contribution in [-0.2, 0) is 14.9 Å². The van der Waals surface area contributed by atoms with E-state index in [2.05, 4.69) is 0 Å². The van der Waals surface area contributed by atoms with Crippen molar-refractivity contribution in [1.82, 2.24) is 4.57 Å². The molecule has 2 saturated carbocycles. The van der Waals surface area contributed by atoms with Gasteiger partial charge >= 0.3 is 11.9 Å². The number of carbonyl (C=O) groups is 2. The summed E-state index contributed by atoms with van der Waals surface area (Å²) in [4.78, 5) is 37.0. The Kier molecular flexibility index (Phi) is 4.17. The summed E-state index contributed by atoms with van der Waals surface area (Å²) in [5.41, 5.74) is -1.88. The van der Waals surface area contributed by atoms with E-state index < -0.39 is 28.6 Å². The minimum atomic E-state index is -1.34. The zero-order chi connectivity index (χ0) is 20.2. The molecule has 2 aliphatic carbocycles. The van der Waals surface area contributed by atoms with Crippen LogP contribution in [0.1, 0.15) is 54.6 Å². The van der Waals surface area contributed by atoms with Crippen LogP contribution in [0, 0.1) is 5.82 Å². The molecule has 1 heterocycles. The van der Waals surface area contributed by atoms with Crippen molar-refractivity contribution in [3.05, 3.63) is 39.4 Å². The molecule has 1 N–H and O–H groups in total. The fraction of sp³-hybridized carbons (Fsp3) is 0.450. The molecule has 0 atom stereocenters. The van der Waals surface area contributed by atoms with Crippen molar-refractivity contribution < 1.29 is 28.6 Å². The third kappa shape index (κ3) is 2.58. The van der Waals surface area contributed by atoms with Crippen LogP contribution >= 0.6 is 0 Å². The smallest absolute Gasteiger partial charge is 0.343 e. The fourth-order valence-corrected chi connectivity index (χ4v) is 3.79. The van der Waals surface area contributed by atoms with E-state index >= 15 is 4.39 Å². The van der Waals surface area contributed by atoms with Crippen molar-refractivity contribution in [3.63, 3.8) is 0 Å². The molecule has 0 aliphatic heterocycles. The first-order chi connectivity index (χ1) is 13.4. The standard InChI is InChI=1S/C20H20FNO6/c1-3-28-18(24)12-9-22(10-4-5-10)15-11(16(12)23)8-13(21)14(17(15)27-2)20(6-7-20)19(25)26/h8-10H,3-7H2,1-2H3,(H,25,26). The summed E-state index contributed by atoms with van der Waals surface area (Å²) in [6.07, 6.45) is 3.69. The second kappa shape index (κ2) is 6.32. The number of carboxylic acid groups (broad SMARTS) is 1. The van der Waals surface area contributed by atoms with Gasteiger partial charge in [0.05, 0.1) is 30.0 Å². The van der Waals surface area contributed by atoms with Crippen LogP contribution in [0.15, 0.2) is 17.1 Å². The van der Waals surface area contributed by atoms with Crippen LogP contribution in [-0.4, -0.2) is 35.3 Å². The number of rotatable bonds is 6. The van der Waals surface area contributed by atoms with E-state index in [-0.39, 0.29) is 34.9 Å². The average Bonchev–Trinajstić information content (AvgIpc) is 3.54. The van der Waals surface area contributed by atoms with Crippen LogP contribution in [0.4, 0.5) is 4.39 Å². The van der Waals surface area contributed by atoms with Crippen LogP contribution in [0.3, 0.4) is 0 Å². The lowest BCUT2D eigenvalue weighted by Gasteiger charge is -2.21. The van der Waals surface area contributed by atoms with Gasteiger partial charge < -0.3 is 19.1 Å². The number of carbonyl (C=O) groups excluding carboxylic acids is 1. The molecule has 0 unspecified atom stereocenters. The van der Waals surface area contributed by atoms with Crippen LogP contribution < -0.4 is 10.2 Å². The van der Waals surface area contributed by atoms with Gasteiger partial charge in [0.25, 0.3) is 0 Å². The van der Waals surface area contributed by atoms with E-state index in [4.69, 9.17) is 9.47 Å². The number of benzene rings is 1. The molecule has 0 bridgehead atoms. The number of hydrogen-bond donors (Lipinski definition) is 1.